The second-order valence-corrected chi connectivity index (χ2v) is 6.69. The number of rotatable bonds is 8. The standard InChI is InChI=1S/C20H25BrN2O2/c1-4-23(5-2)18-10-6-16(7-11-18)14-22-20(24)15(3)25-19-12-8-17(21)9-13-19/h6-13,15H,4-5,14H2,1-3H3,(H,22,24)/t15-/m1/s1. The fourth-order valence-corrected chi connectivity index (χ4v) is 2.78. The van der Waals surface area contributed by atoms with E-state index < -0.39 is 6.10 Å². The Bertz CT molecular complexity index is 667. The Hall–Kier alpha value is -2.01. The Morgan fingerprint density at radius 2 is 1.68 bits per heavy atom. The third-order valence-corrected chi connectivity index (χ3v) is 4.56. The zero-order valence-corrected chi connectivity index (χ0v) is 16.5. The van der Waals surface area contributed by atoms with Crippen LogP contribution in [0.15, 0.2) is 53.0 Å². The van der Waals surface area contributed by atoms with Crippen LogP contribution in [0, 0.1) is 0 Å². The summed E-state index contributed by atoms with van der Waals surface area (Å²) in [6.07, 6.45) is -0.545. The minimum atomic E-state index is -0.545. The van der Waals surface area contributed by atoms with E-state index in [0.717, 1.165) is 23.1 Å². The van der Waals surface area contributed by atoms with Crippen LogP contribution in [0.1, 0.15) is 26.3 Å². The third-order valence-electron chi connectivity index (χ3n) is 4.03. The van der Waals surface area contributed by atoms with E-state index in [9.17, 15) is 4.79 Å². The molecule has 1 N–H and O–H groups in total. The minimum absolute atomic E-state index is 0.129. The van der Waals surface area contributed by atoms with Gasteiger partial charge < -0.3 is 15.0 Å². The molecule has 0 radical (unpaired) electrons. The van der Waals surface area contributed by atoms with Crippen molar-refractivity contribution in [3.05, 3.63) is 58.6 Å². The molecule has 1 atom stereocenters. The van der Waals surface area contributed by atoms with Gasteiger partial charge in [-0.25, -0.2) is 0 Å². The highest BCUT2D eigenvalue weighted by Gasteiger charge is 2.14. The van der Waals surface area contributed by atoms with Crippen LogP contribution < -0.4 is 15.0 Å². The first-order chi connectivity index (χ1) is 12.0. The van der Waals surface area contributed by atoms with Gasteiger partial charge >= 0.3 is 0 Å². The Kier molecular flexibility index (Phi) is 7.31. The molecule has 0 spiro atoms. The van der Waals surface area contributed by atoms with E-state index in [1.165, 1.54) is 5.69 Å². The van der Waals surface area contributed by atoms with Gasteiger partial charge in [0.15, 0.2) is 6.10 Å². The van der Waals surface area contributed by atoms with Gasteiger partial charge in [-0.15, -0.1) is 0 Å². The molecule has 0 heterocycles. The predicted octanol–water partition coefficient (Wildman–Crippen LogP) is 4.38. The number of nitrogens with zero attached hydrogens (tertiary/aromatic N) is 1. The fraction of sp³-hybridized carbons (Fsp3) is 0.350. The average Bonchev–Trinajstić information content (AvgIpc) is 2.63. The van der Waals surface area contributed by atoms with Gasteiger partial charge in [-0.05, 0) is 62.7 Å². The fourth-order valence-electron chi connectivity index (χ4n) is 2.52. The monoisotopic (exact) mass is 404 g/mol. The third kappa shape index (κ3) is 5.78. The Morgan fingerprint density at radius 1 is 1.08 bits per heavy atom. The zero-order chi connectivity index (χ0) is 18.2. The average molecular weight is 405 g/mol. The van der Waals surface area contributed by atoms with Crippen molar-refractivity contribution in [1.82, 2.24) is 5.32 Å². The number of hydrogen-bond acceptors (Lipinski definition) is 3. The molecule has 2 aromatic rings. The molecule has 25 heavy (non-hydrogen) atoms. The summed E-state index contributed by atoms with van der Waals surface area (Å²) in [5.41, 5.74) is 2.27. The maximum Gasteiger partial charge on any atom is 0.261 e. The maximum absolute atomic E-state index is 12.2. The summed E-state index contributed by atoms with van der Waals surface area (Å²) in [6, 6.07) is 15.7. The molecule has 0 aliphatic heterocycles. The predicted molar refractivity (Wildman–Crippen MR) is 106 cm³/mol. The van der Waals surface area contributed by atoms with Crippen LogP contribution in [0.4, 0.5) is 5.69 Å². The van der Waals surface area contributed by atoms with Gasteiger partial charge in [0.25, 0.3) is 5.91 Å². The van der Waals surface area contributed by atoms with E-state index in [0.29, 0.717) is 12.3 Å². The molecule has 0 bridgehead atoms. The Labute approximate surface area is 158 Å². The first kappa shape index (κ1) is 19.3. The molecule has 4 nitrogen and oxygen atoms in total. The number of carbonyl (C=O) groups is 1. The van der Waals surface area contributed by atoms with E-state index in [1.807, 2.05) is 36.4 Å². The maximum atomic E-state index is 12.2. The lowest BCUT2D eigenvalue weighted by atomic mass is 10.2. The molecule has 0 aromatic heterocycles. The quantitative estimate of drug-likeness (QED) is 0.709. The Morgan fingerprint density at radius 3 is 2.24 bits per heavy atom. The highest BCUT2D eigenvalue weighted by molar-refractivity contribution is 9.10. The van der Waals surface area contributed by atoms with E-state index in [4.69, 9.17) is 4.74 Å². The van der Waals surface area contributed by atoms with Crippen molar-refractivity contribution in [3.8, 4) is 5.75 Å². The summed E-state index contributed by atoms with van der Waals surface area (Å²) in [4.78, 5) is 14.5. The lowest BCUT2D eigenvalue weighted by molar-refractivity contribution is -0.127. The van der Waals surface area contributed by atoms with E-state index in [2.05, 4.69) is 52.1 Å². The number of benzene rings is 2. The number of hydrogen-bond donors (Lipinski definition) is 1. The molecule has 0 saturated carbocycles. The van der Waals surface area contributed by atoms with Crippen molar-refractivity contribution >= 4 is 27.5 Å². The van der Waals surface area contributed by atoms with Gasteiger partial charge in [0, 0.05) is 29.8 Å². The van der Waals surface area contributed by atoms with Crippen LogP contribution in [0.5, 0.6) is 5.75 Å². The van der Waals surface area contributed by atoms with Gasteiger partial charge in [0.2, 0.25) is 0 Å². The highest BCUT2D eigenvalue weighted by atomic mass is 79.9. The molecular formula is C20H25BrN2O2. The molecule has 0 unspecified atom stereocenters. The second-order valence-electron chi connectivity index (χ2n) is 5.77. The number of ether oxygens (including phenoxy) is 1. The van der Waals surface area contributed by atoms with Gasteiger partial charge in [-0.3, -0.25) is 4.79 Å². The number of carbonyl (C=O) groups excluding carboxylic acids is 1. The SMILES string of the molecule is CCN(CC)c1ccc(CNC(=O)[C@@H](C)Oc2ccc(Br)cc2)cc1. The van der Waals surface area contributed by atoms with Crippen LogP contribution in [0.25, 0.3) is 0 Å². The molecule has 0 fully saturated rings. The number of anilines is 1. The first-order valence-corrected chi connectivity index (χ1v) is 9.36. The largest absolute Gasteiger partial charge is 0.481 e. The first-order valence-electron chi connectivity index (χ1n) is 8.57. The van der Waals surface area contributed by atoms with E-state index in [-0.39, 0.29) is 5.91 Å². The Balaban J connectivity index is 1.85. The van der Waals surface area contributed by atoms with Gasteiger partial charge in [0.05, 0.1) is 0 Å². The van der Waals surface area contributed by atoms with Crippen LogP contribution in [-0.2, 0) is 11.3 Å². The molecule has 2 rings (SSSR count). The van der Waals surface area contributed by atoms with E-state index in [1.54, 1.807) is 6.92 Å². The molecule has 2 aromatic carbocycles. The zero-order valence-electron chi connectivity index (χ0n) is 15.0. The highest BCUT2D eigenvalue weighted by Crippen LogP contribution is 2.18. The van der Waals surface area contributed by atoms with Gasteiger partial charge in [-0.2, -0.15) is 0 Å². The molecule has 1 amide bonds. The normalized spacial score (nSPS) is 11.7. The van der Waals surface area contributed by atoms with Crippen molar-refractivity contribution in [2.45, 2.75) is 33.4 Å². The number of halogens is 1. The molecule has 0 saturated heterocycles. The summed E-state index contributed by atoms with van der Waals surface area (Å²) in [7, 11) is 0. The molecule has 134 valence electrons. The van der Waals surface area contributed by atoms with Crippen LogP contribution in [0.3, 0.4) is 0 Å². The summed E-state index contributed by atoms with van der Waals surface area (Å²) < 4.78 is 6.64. The molecule has 0 aliphatic carbocycles. The van der Waals surface area contributed by atoms with Crippen LogP contribution in [0.2, 0.25) is 0 Å². The van der Waals surface area contributed by atoms with Crippen LogP contribution >= 0.6 is 15.9 Å². The second kappa shape index (κ2) is 9.47. The molecular weight excluding hydrogens is 380 g/mol. The number of amides is 1. The smallest absolute Gasteiger partial charge is 0.261 e. The summed E-state index contributed by atoms with van der Waals surface area (Å²) in [5, 5.41) is 2.92. The van der Waals surface area contributed by atoms with Gasteiger partial charge in [0.1, 0.15) is 5.75 Å². The van der Waals surface area contributed by atoms with E-state index >= 15 is 0 Å². The van der Waals surface area contributed by atoms with Crippen molar-refractivity contribution in [3.63, 3.8) is 0 Å². The summed E-state index contributed by atoms with van der Waals surface area (Å²) >= 11 is 3.38. The van der Waals surface area contributed by atoms with Crippen LogP contribution in [-0.4, -0.2) is 25.1 Å². The summed E-state index contributed by atoms with van der Waals surface area (Å²) in [5.74, 6) is 0.546. The molecule has 0 aliphatic rings. The van der Waals surface area contributed by atoms with Gasteiger partial charge in [-0.1, -0.05) is 28.1 Å². The lowest BCUT2D eigenvalue weighted by Crippen LogP contribution is -2.35. The van der Waals surface area contributed by atoms with Crippen molar-refractivity contribution < 1.29 is 9.53 Å². The van der Waals surface area contributed by atoms with Crippen molar-refractivity contribution in [1.29, 1.82) is 0 Å². The lowest BCUT2D eigenvalue weighted by Gasteiger charge is -2.21. The van der Waals surface area contributed by atoms with Crippen molar-refractivity contribution in [2.24, 2.45) is 0 Å². The molecule has 5 heteroatoms. The number of nitrogens with one attached hydrogen (secondary N) is 1. The summed E-state index contributed by atoms with van der Waals surface area (Å²) in [6.45, 7) is 8.50. The topological polar surface area (TPSA) is 41.6 Å². The minimum Gasteiger partial charge on any atom is -0.481 e. The van der Waals surface area contributed by atoms with Crippen molar-refractivity contribution in [2.75, 3.05) is 18.0 Å².